The number of nitro groups is 1. The number of nitrogens with zero attached hydrogens (tertiary/aromatic N) is 2. The number of hydrogen-bond donors (Lipinski definition) is 1. The normalized spacial score (nSPS) is 13.4. The number of sulfonamides is 1. The van der Waals surface area contributed by atoms with Crippen LogP contribution in [0.2, 0.25) is 0 Å². The Hall–Kier alpha value is -3.72. The highest BCUT2D eigenvalue weighted by Crippen LogP contribution is 2.26. The van der Waals surface area contributed by atoms with Gasteiger partial charge in [-0.05, 0) is 47.9 Å². The van der Waals surface area contributed by atoms with E-state index in [0.717, 1.165) is 17.2 Å². The van der Waals surface area contributed by atoms with Gasteiger partial charge in [0.05, 0.1) is 9.82 Å². The Bertz CT molecular complexity index is 1260. The van der Waals surface area contributed by atoms with Crippen molar-refractivity contribution in [3.8, 4) is 0 Å². The van der Waals surface area contributed by atoms with Crippen LogP contribution in [0.25, 0.3) is 0 Å². The van der Waals surface area contributed by atoms with E-state index in [2.05, 4.69) is 4.72 Å². The summed E-state index contributed by atoms with van der Waals surface area (Å²) in [6, 6.07) is 19.1. The Morgan fingerprint density at radius 2 is 1.74 bits per heavy atom. The van der Waals surface area contributed by atoms with Gasteiger partial charge in [-0.1, -0.05) is 30.3 Å². The number of nitro benzene ring substituents is 1. The molecular weight excluding hydrogens is 418 g/mol. The third-order valence-electron chi connectivity index (χ3n) is 5.12. The number of rotatable bonds is 5. The fourth-order valence-corrected chi connectivity index (χ4v) is 4.62. The first kappa shape index (κ1) is 20.5. The van der Waals surface area contributed by atoms with E-state index < -0.39 is 14.9 Å². The minimum absolute atomic E-state index is 0.0752. The van der Waals surface area contributed by atoms with Gasteiger partial charge in [-0.3, -0.25) is 19.6 Å². The molecule has 0 atom stereocenters. The van der Waals surface area contributed by atoms with Crippen LogP contribution in [0, 0.1) is 10.1 Å². The Balaban J connectivity index is 1.55. The van der Waals surface area contributed by atoms with Gasteiger partial charge in [0.1, 0.15) is 0 Å². The van der Waals surface area contributed by atoms with Gasteiger partial charge < -0.3 is 4.90 Å². The quantitative estimate of drug-likeness (QED) is 0.485. The van der Waals surface area contributed by atoms with E-state index in [9.17, 15) is 23.3 Å². The smallest absolute Gasteiger partial charge is 0.270 e. The van der Waals surface area contributed by atoms with Crippen molar-refractivity contribution in [2.75, 3.05) is 11.3 Å². The zero-order valence-electron chi connectivity index (χ0n) is 16.4. The van der Waals surface area contributed by atoms with Gasteiger partial charge >= 0.3 is 0 Å². The van der Waals surface area contributed by atoms with Crippen molar-refractivity contribution in [1.29, 1.82) is 0 Å². The van der Waals surface area contributed by atoms with Crippen molar-refractivity contribution in [3.05, 3.63) is 99.6 Å². The summed E-state index contributed by atoms with van der Waals surface area (Å²) in [5.41, 5.74) is 2.54. The van der Waals surface area contributed by atoms with Gasteiger partial charge in [0.15, 0.2) is 0 Å². The fraction of sp³-hybridized carbons (Fsp3) is 0.136. The molecule has 8 nitrogen and oxygen atoms in total. The Kier molecular flexibility index (Phi) is 5.43. The van der Waals surface area contributed by atoms with E-state index in [-0.39, 0.29) is 16.5 Å². The maximum atomic E-state index is 12.8. The number of anilines is 1. The van der Waals surface area contributed by atoms with Gasteiger partial charge in [0, 0.05) is 36.5 Å². The molecule has 1 N–H and O–H groups in total. The van der Waals surface area contributed by atoms with Gasteiger partial charge in [-0.15, -0.1) is 0 Å². The number of carbonyl (C=O) groups excluding carboxylic acids is 1. The highest BCUT2D eigenvalue weighted by atomic mass is 32.2. The molecule has 0 aliphatic carbocycles. The third-order valence-corrected chi connectivity index (χ3v) is 6.50. The molecule has 0 bridgehead atoms. The monoisotopic (exact) mass is 437 g/mol. The Morgan fingerprint density at radius 1 is 0.968 bits per heavy atom. The molecule has 1 heterocycles. The Labute approximate surface area is 179 Å². The van der Waals surface area contributed by atoms with Gasteiger partial charge in [-0.2, -0.15) is 0 Å². The lowest BCUT2D eigenvalue weighted by Crippen LogP contribution is -2.36. The summed E-state index contributed by atoms with van der Waals surface area (Å²) in [5.74, 6) is -0.0752. The Morgan fingerprint density at radius 3 is 2.48 bits per heavy atom. The molecule has 0 unspecified atom stereocenters. The zero-order chi connectivity index (χ0) is 22.0. The van der Waals surface area contributed by atoms with Crippen LogP contribution in [0.5, 0.6) is 0 Å². The van der Waals surface area contributed by atoms with E-state index in [1.165, 1.54) is 18.2 Å². The first-order chi connectivity index (χ1) is 14.8. The third kappa shape index (κ3) is 4.41. The van der Waals surface area contributed by atoms with Crippen LogP contribution in [0.4, 0.5) is 11.4 Å². The lowest BCUT2D eigenvalue weighted by molar-refractivity contribution is -0.385. The predicted octanol–water partition coefficient (Wildman–Crippen LogP) is 3.59. The maximum Gasteiger partial charge on any atom is 0.270 e. The summed E-state index contributed by atoms with van der Waals surface area (Å²) < 4.78 is 27.9. The van der Waals surface area contributed by atoms with Gasteiger partial charge in [0.25, 0.3) is 21.6 Å². The molecule has 1 aliphatic heterocycles. The first-order valence-corrected chi connectivity index (χ1v) is 11.1. The number of benzene rings is 3. The molecule has 158 valence electrons. The number of carbonyl (C=O) groups is 1. The van der Waals surface area contributed by atoms with Crippen molar-refractivity contribution in [3.63, 3.8) is 0 Å². The molecule has 3 aromatic rings. The molecule has 0 saturated carbocycles. The number of hydrogen-bond acceptors (Lipinski definition) is 5. The van der Waals surface area contributed by atoms with Gasteiger partial charge in [-0.25, -0.2) is 8.42 Å². The molecule has 1 aliphatic rings. The van der Waals surface area contributed by atoms with Crippen LogP contribution in [-0.4, -0.2) is 30.7 Å². The van der Waals surface area contributed by atoms with E-state index in [1.807, 2.05) is 24.3 Å². The molecule has 0 radical (unpaired) electrons. The topological polar surface area (TPSA) is 110 Å². The van der Waals surface area contributed by atoms with E-state index >= 15 is 0 Å². The van der Waals surface area contributed by atoms with Crippen LogP contribution in [0.1, 0.15) is 21.5 Å². The fourth-order valence-electron chi connectivity index (χ4n) is 3.54. The second-order valence-corrected chi connectivity index (χ2v) is 8.87. The van der Waals surface area contributed by atoms with Crippen molar-refractivity contribution in [2.24, 2.45) is 0 Å². The molecule has 9 heteroatoms. The summed E-state index contributed by atoms with van der Waals surface area (Å²) in [6.45, 7) is 0.953. The highest BCUT2D eigenvalue weighted by Gasteiger charge is 2.23. The van der Waals surface area contributed by atoms with Crippen molar-refractivity contribution < 1.29 is 18.1 Å². The van der Waals surface area contributed by atoms with Crippen LogP contribution < -0.4 is 4.72 Å². The summed E-state index contributed by atoms with van der Waals surface area (Å²) in [7, 11) is -4.00. The number of fused-ring (bicyclic) bond motifs is 1. The van der Waals surface area contributed by atoms with Crippen molar-refractivity contribution in [2.45, 2.75) is 17.9 Å². The maximum absolute atomic E-state index is 12.8. The lowest BCUT2D eigenvalue weighted by Gasteiger charge is -2.29. The van der Waals surface area contributed by atoms with E-state index in [4.69, 9.17) is 0 Å². The van der Waals surface area contributed by atoms with Crippen LogP contribution in [0.15, 0.2) is 77.7 Å². The average Bonchev–Trinajstić information content (AvgIpc) is 2.78. The molecule has 3 aromatic carbocycles. The van der Waals surface area contributed by atoms with E-state index in [0.29, 0.717) is 30.8 Å². The van der Waals surface area contributed by atoms with Crippen molar-refractivity contribution >= 4 is 27.3 Å². The molecule has 4 rings (SSSR count). The number of nitrogens with one attached hydrogen (secondary N) is 1. The predicted molar refractivity (Wildman–Crippen MR) is 115 cm³/mol. The molecule has 0 saturated heterocycles. The molecule has 0 aromatic heterocycles. The zero-order valence-corrected chi connectivity index (χ0v) is 17.2. The summed E-state index contributed by atoms with van der Waals surface area (Å²) >= 11 is 0. The second-order valence-electron chi connectivity index (χ2n) is 7.19. The second kappa shape index (κ2) is 8.19. The van der Waals surface area contributed by atoms with E-state index in [1.54, 1.807) is 29.2 Å². The molecule has 0 fully saturated rings. The average molecular weight is 437 g/mol. The summed E-state index contributed by atoms with van der Waals surface area (Å²) in [5, 5.41) is 10.9. The van der Waals surface area contributed by atoms with Crippen molar-refractivity contribution in [1.82, 2.24) is 4.90 Å². The van der Waals surface area contributed by atoms with Crippen LogP contribution in [-0.2, 0) is 23.0 Å². The number of amides is 1. The number of non-ortho nitro benzene ring substituents is 1. The van der Waals surface area contributed by atoms with Crippen LogP contribution in [0.3, 0.4) is 0 Å². The minimum Gasteiger partial charge on any atom is -0.334 e. The highest BCUT2D eigenvalue weighted by molar-refractivity contribution is 7.92. The summed E-state index contributed by atoms with van der Waals surface area (Å²) in [6.07, 6.45) is 0.672. The SMILES string of the molecule is O=C(c1ccccc1)N1CCc2ccc(NS(=O)(=O)c3cccc([N+](=O)[O-])c3)cc2C1. The molecule has 31 heavy (non-hydrogen) atoms. The lowest BCUT2D eigenvalue weighted by atomic mass is 9.98. The minimum atomic E-state index is -4.00. The standard InChI is InChI=1S/C22H19N3O5S/c26-22(17-5-2-1-3-6-17)24-12-11-16-9-10-19(13-18(16)15-24)23-31(29,30)21-8-4-7-20(14-21)25(27)28/h1-10,13-14,23H,11-12,15H2. The van der Waals surface area contributed by atoms with Crippen LogP contribution >= 0.6 is 0 Å². The molecule has 1 amide bonds. The molecule has 0 spiro atoms. The first-order valence-electron chi connectivity index (χ1n) is 9.57. The largest absolute Gasteiger partial charge is 0.334 e. The summed E-state index contributed by atoms with van der Waals surface area (Å²) in [4.78, 5) is 24.6. The van der Waals surface area contributed by atoms with Gasteiger partial charge in [0.2, 0.25) is 0 Å². The molecular formula is C22H19N3O5S.